The molecular weight excluding hydrogens is 399 g/mol. The number of rotatable bonds is 4. The van der Waals surface area contributed by atoms with Crippen LogP contribution in [0.1, 0.15) is 5.56 Å². The predicted molar refractivity (Wildman–Crippen MR) is 104 cm³/mol. The lowest BCUT2D eigenvalue weighted by molar-refractivity contribution is -0.137. The number of alkyl halides is 3. The number of carbonyl (C=O) groups excluding carboxylic acids is 1. The van der Waals surface area contributed by atoms with Gasteiger partial charge in [-0.05, 0) is 48.0 Å². The zero-order chi connectivity index (χ0) is 21.3. The van der Waals surface area contributed by atoms with Crippen molar-refractivity contribution in [2.45, 2.75) is 12.7 Å². The van der Waals surface area contributed by atoms with Crippen molar-refractivity contribution < 1.29 is 22.4 Å². The molecule has 1 amide bonds. The largest absolute Gasteiger partial charge is 0.420 e. The molecule has 0 fully saturated rings. The predicted octanol–water partition coefficient (Wildman–Crippen LogP) is 4.31. The molecule has 4 rings (SSSR count). The van der Waals surface area contributed by atoms with Crippen molar-refractivity contribution in [3.63, 3.8) is 0 Å². The fourth-order valence-electron chi connectivity index (χ4n) is 3.01. The van der Waals surface area contributed by atoms with E-state index in [9.17, 15) is 22.8 Å². The Morgan fingerprint density at radius 1 is 1.07 bits per heavy atom. The summed E-state index contributed by atoms with van der Waals surface area (Å²) in [6.07, 6.45) is -1.15. The number of nitrogens with one attached hydrogen (secondary N) is 1. The highest BCUT2D eigenvalue weighted by Crippen LogP contribution is 2.30. The first-order valence-corrected chi connectivity index (χ1v) is 8.82. The molecular formula is C21H14F3N3O3. The van der Waals surface area contributed by atoms with E-state index in [1.807, 2.05) is 6.07 Å². The van der Waals surface area contributed by atoms with Gasteiger partial charge < -0.3 is 9.73 Å². The molecule has 2 aromatic heterocycles. The Bertz CT molecular complexity index is 1260. The molecule has 0 unspecified atom stereocenters. The average Bonchev–Trinajstić information content (AvgIpc) is 3.03. The lowest BCUT2D eigenvalue weighted by atomic mass is 10.1. The zero-order valence-electron chi connectivity index (χ0n) is 15.3. The van der Waals surface area contributed by atoms with Crippen LogP contribution in [0.15, 0.2) is 76.2 Å². The number of anilines is 1. The van der Waals surface area contributed by atoms with Gasteiger partial charge in [-0.1, -0.05) is 12.1 Å². The van der Waals surface area contributed by atoms with E-state index in [0.717, 1.165) is 40.0 Å². The van der Waals surface area contributed by atoms with E-state index in [4.69, 9.17) is 4.42 Å². The number of oxazole rings is 1. The van der Waals surface area contributed by atoms with E-state index in [1.54, 1.807) is 36.7 Å². The molecule has 6 nitrogen and oxygen atoms in total. The van der Waals surface area contributed by atoms with Crippen LogP contribution in [0.25, 0.3) is 22.2 Å². The molecule has 0 spiro atoms. The van der Waals surface area contributed by atoms with Crippen LogP contribution in [0, 0.1) is 0 Å². The third kappa shape index (κ3) is 3.95. The van der Waals surface area contributed by atoms with Gasteiger partial charge in [0.05, 0.1) is 11.1 Å². The zero-order valence-corrected chi connectivity index (χ0v) is 15.3. The van der Waals surface area contributed by atoms with Crippen LogP contribution in [0.4, 0.5) is 18.9 Å². The molecule has 1 N–H and O–H groups in total. The second kappa shape index (κ2) is 7.51. The molecule has 0 saturated carbocycles. The van der Waals surface area contributed by atoms with E-state index >= 15 is 0 Å². The SMILES string of the molecule is O=C(Cn1c(=O)oc2ccc(-c3cccnc3)cc21)Nc1ccc(C(F)(F)F)cc1. The highest BCUT2D eigenvalue weighted by Gasteiger charge is 2.30. The van der Waals surface area contributed by atoms with Crippen molar-refractivity contribution in [1.82, 2.24) is 9.55 Å². The third-order valence-corrected chi connectivity index (χ3v) is 4.46. The minimum atomic E-state index is -4.46. The molecule has 0 aliphatic carbocycles. The fourth-order valence-corrected chi connectivity index (χ4v) is 3.01. The quantitative estimate of drug-likeness (QED) is 0.541. The summed E-state index contributed by atoms with van der Waals surface area (Å²) in [5.41, 5.74) is 1.71. The summed E-state index contributed by atoms with van der Waals surface area (Å²) in [5.74, 6) is -1.29. The van der Waals surface area contributed by atoms with Gasteiger partial charge in [-0.25, -0.2) is 4.79 Å². The van der Waals surface area contributed by atoms with E-state index in [0.29, 0.717) is 11.1 Å². The van der Waals surface area contributed by atoms with Gasteiger partial charge in [-0.15, -0.1) is 0 Å². The van der Waals surface area contributed by atoms with Crippen LogP contribution < -0.4 is 11.1 Å². The van der Waals surface area contributed by atoms with Gasteiger partial charge in [0.2, 0.25) is 5.91 Å². The van der Waals surface area contributed by atoms with Gasteiger partial charge >= 0.3 is 11.9 Å². The number of nitrogens with zero attached hydrogens (tertiary/aromatic N) is 2. The Morgan fingerprint density at radius 2 is 1.83 bits per heavy atom. The van der Waals surface area contributed by atoms with Crippen LogP contribution in [-0.4, -0.2) is 15.5 Å². The topological polar surface area (TPSA) is 77.1 Å². The molecule has 0 bridgehead atoms. The molecule has 0 saturated heterocycles. The first-order chi connectivity index (χ1) is 14.3. The highest BCUT2D eigenvalue weighted by atomic mass is 19.4. The summed E-state index contributed by atoms with van der Waals surface area (Å²) >= 11 is 0. The Balaban J connectivity index is 1.58. The standard InChI is InChI=1S/C21H14F3N3O3/c22-21(23,24)15-4-6-16(7-5-15)26-19(28)12-27-17-10-13(14-2-1-9-25-11-14)3-8-18(17)30-20(27)29/h1-11H,12H2,(H,26,28). The summed E-state index contributed by atoms with van der Waals surface area (Å²) in [6, 6.07) is 12.8. The molecule has 2 aromatic carbocycles. The van der Waals surface area contributed by atoms with E-state index < -0.39 is 23.4 Å². The van der Waals surface area contributed by atoms with Gasteiger partial charge in [0.15, 0.2) is 5.58 Å². The van der Waals surface area contributed by atoms with Gasteiger partial charge in [0.1, 0.15) is 6.54 Å². The monoisotopic (exact) mass is 413 g/mol. The van der Waals surface area contributed by atoms with Crippen molar-refractivity contribution in [2.24, 2.45) is 0 Å². The molecule has 30 heavy (non-hydrogen) atoms. The number of hydrogen-bond donors (Lipinski definition) is 1. The minimum absolute atomic E-state index is 0.185. The minimum Gasteiger partial charge on any atom is -0.408 e. The number of carbonyl (C=O) groups is 1. The maximum atomic E-state index is 12.6. The molecule has 0 aliphatic heterocycles. The molecule has 9 heteroatoms. The number of hydrogen-bond acceptors (Lipinski definition) is 4. The molecule has 0 radical (unpaired) electrons. The second-order valence-electron chi connectivity index (χ2n) is 6.50. The number of pyridine rings is 1. The lowest BCUT2D eigenvalue weighted by Gasteiger charge is -2.09. The van der Waals surface area contributed by atoms with Crippen LogP contribution in [0.2, 0.25) is 0 Å². The summed E-state index contributed by atoms with van der Waals surface area (Å²) < 4.78 is 44.3. The van der Waals surface area contributed by atoms with E-state index in [-0.39, 0.29) is 12.2 Å². The number of halogens is 3. The van der Waals surface area contributed by atoms with Crippen molar-refractivity contribution >= 4 is 22.7 Å². The smallest absolute Gasteiger partial charge is 0.408 e. The molecule has 0 atom stereocenters. The third-order valence-electron chi connectivity index (χ3n) is 4.46. The van der Waals surface area contributed by atoms with Gasteiger partial charge in [0.25, 0.3) is 0 Å². The number of benzene rings is 2. The summed E-state index contributed by atoms with van der Waals surface area (Å²) in [5, 5.41) is 2.48. The summed E-state index contributed by atoms with van der Waals surface area (Å²) in [6.45, 7) is -0.358. The Kier molecular flexibility index (Phi) is 4.86. The first-order valence-electron chi connectivity index (χ1n) is 8.82. The Labute approximate surface area is 167 Å². The van der Waals surface area contributed by atoms with E-state index in [2.05, 4.69) is 10.3 Å². The molecule has 2 heterocycles. The Morgan fingerprint density at radius 3 is 2.50 bits per heavy atom. The Hall–Kier alpha value is -3.88. The number of fused-ring (bicyclic) bond motifs is 1. The van der Waals surface area contributed by atoms with Gasteiger partial charge in [0, 0.05) is 23.6 Å². The normalized spacial score (nSPS) is 11.6. The lowest BCUT2D eigenvalue weighted by Crippen LogP contribution is -2.24. The molecule has 4 aromatic rings. The van der Waals surface area contributed by atoms with Crippen LogP contribution in [0.5, 0.6) is 0 Å². The molecule has 152 valence electrons. The maximum Gasteiger partial charge on any atom is 0.420 e. The van der Waals surface area contributed by atoms with Crippen molar-refractivity contribution in [3.8, 4) is 11.1 Å². The maximum absolute atomic E-state index is 12.6. The average molecular weight is 413 g/mol. The van der Waals surface area contributed by atoms with Crippen molar-refractivity contribution in [2.75, 3.05) is 5.32 Å². The summed E-state index contributed by atoms with van der Waals surface area (Å²) in [7, 11) is 0. The van der Waals surface area contributed by atoms with Crippen molar-refractivity contribution in [1.29, 1.82) is 0 Å². The van der Waals surface area contributed by atoms with Crippen LogP contribution in [-0.2, 0) is 17.5 Å². The van der Waals surface area contributed by atoms with Crippen LogP contribution in [0.3, 0.4) is 0 Å². The van der Waals surface area contributed by atoms with E-state index in [1.165, 1.54) is 0 Å². The first kappa shape index (κ1) is 19.4. The van der Waals surface area contributed by atoms with Gasteiger partial charge in [-0.2, -0.15) is 13.2 Å². The molecule has 0 aliphatic rings. The van der Waals surface area contributed by atoms with Crippen molar-refractivity contribution in [3.05, 3.63) is 83.1 Å². The summed E-state index contributed by atoms with van der Waals surface area (Å²) in [4.78, 5) is 28.6. The highest BCUT2D eigenvalue weighted by molar-refractivity contribution is 5.91. The fraction of sp³-hybridized carbons (Fsp3) is 0.0952. The van der Waals surface area contributed by atoms with Crippen LogP contribution >= 0.6 is 0 Å². The number of aromatic nitrogens is 2. The number of amides is 1. The van der Waals surface area contributed by atoms with Gasteiger partial charge in [-0.3, -0.25) is 14.3 Å². The second-order valence-corrected chi connectivity index (χ2v) is 6.50.